The van der Waals surface area contributed by atoms with Crippen molar-refractivity contribution in [3.05, 3.63) is 24.0 Å². The third-order valence-electron chi connectivity index (χ3n) is 2.53. The van der Waals surface area contributed by atoms with Crippen LogP contribution in [-0.4, -0.2) is 18.1 Å². The van der Waals surface area contributed by atoms with E-state index in [1.165, 1.54) is 12.3 Å². The van der Waals surface area contributed by atoms with Crippen LogP contribution in [0.15, 0.2) is 18.3 Å². The topological polar surface area (TPSA) is 27.8 Å². The van der Waals surface area contributed by atoms with Crippen molar-refractivity contribution < 1.29 is 8.78 Å². The summed E-state index contributed by atoms with van der Waals surface area (Å²) in [6.07, 6.45) is 2.08. The summed E-state index contributed by atoms with van der Waals surface area (Å²) >= 11 is 0. The first-order valence-corrected chi connectivity index (χ1v) is 4.43. The molecule has 0 saturated carbocycles. The van der Waals surface area contributed by atoms with E-state index in [0.29, 0.717) is 19.5 Å². The first-order valence-electron chi connectivity index (χ1n) is 4.43. The van der Waals surface area contributed by atoms with Crippen molar-refractivity contribution in [2.75, 3.05) is 13.1 Å². The third-order valence-corrected chi connectivity index (χ3v) is 2.53. The molecule has 1 unspecified atom stereocenters. The smallest absolute Gasteiger partial charge is 0.291 e. The lowest BCUT2D eigenvalue weighted by atomic mass is 9.98. The van der Waals surface area contributed by atoms with Crippen LogP contribution < -0.4 is 5.32 Å². The van der Waals surface area contributed by atoms with E-state index in [0.717, 1.165) is 0 Å². The number of hydrogen-bond donors (Lipinski definition) is 2. The second-order valence-corrected chi connectivity index (χ2v) is 3.40. The highest BCUT2D eigenvalue weighted by Crippen LogP contribution is 2.37. The summed E-state index contributed by atoms with van der Waals surface area (Å²) in [5, 5.41) is 2.95. The van der Waals surface area contributed by atoms with Crippen LogP contribution in [0.1, 0.15) is 12.1 Å². The fraction of sp³-hybridized carbons (Fsp3) is 0.556. The lowest BCUT2D eigenvalue weighted by Crippen LogP contribution is -2.27. The van der Waals surface area contributed by atoms with E-state index in [9.17, 15) is 8.78 Å². The van der Waals surface area contributed by atoms with Crippen LogP contribution >= 0.6 is 0 Å². The molecule has 0 amide bonds. The largest absolute Gasteiger partial charge is 0.360 e. The van der Waals surface area contributed by atoms with Crippen LogP contribution in [0.5, 0.6) is 0 Å². The quantitative estimate of drug-likeness (QED) is 0.723. The minimum atomic E-state index is -2.72. The molecule has 1 aromatic rings. The average molecular weight is 186 g/mol. The Morgan fingerprint density at radius 2 is 2.31 bits per heavy atom. The highest BCUT2D eigenvalue weighted by molar-refractivity contribution is 5.12. The van der Waals surface area contributed by atoms with Gasteiger partial charge in [0.25, 0.3) is 5.92 Å². The maximum absolute atomic E-state index is 13.6. The highest BCUT2D eigenvalue weighted by atomic mass is 19.3. The van der Waals surface area contributed by atoms with Crippen molar-refractivity contribution in [2.45, 2.75) is 12.3 Å². The molecule has 2 nitrogen and oxygen atoms in total. The van der Waals surface area contributed by atoms with Gasteiger partial charge in [-0.3, -0.25) is 0 Å². The number of halogens is 2. The maximum Gasteiger partial charge on any atom is 0.291 e. The number of aromatic nitrogens is 1. The standard InChI is InChI=1S/C9H12F2N2/c10-9(11,7-3-5-12-6-7)8-2-1-4-13-8/h1-2,4,7,12-13H,3,5-6H2. The minimum Gasteiger partial charge on any atom is -0.360 e. The van der Waals surface area contributed by atoms with Gasteiger partial charge in [-0.1, -0.05) is 0 Å². The van der Waals surface area contributed by atoms with E-state index < -0.39 is 11.8 Å². The van der Waals surface area contributed by atoms with Gasteiger partial charge in [0.15, 0.2) is 0 Å². The molecule has 72 valence electrons. The molecule has 0 aliphatic carbocycles. The number of rotatable bonds is 2. The number of alkyl halides is 2. The summed E-state index contributed by atoms with van der Waals surface area (Å²) in [6.45, 7) is 1.10. The number of H-pyrrole nitrogens is 1. The van der Waals surface area contributed by atoms with Gasteiger partial charge in [-0.2, -0.15) is 8.78 Å². The number of aromatic amines is 1. The summed E-state index contributed by atoms with van der Waals surface area (Å²) in [7, 11) is 0. The van der Waals surface area contributed by atoms with Gasteiger partial charge < -0.3 is 10.3 Å². The lowest BCUT2D eigenvalue weighted by molar-refractivity contribution is -0.0611. The molecule has 1 saturated heterocycles. The Bertz CT molecular complexity index is 263. The summed E-state index contributed by atoms with van der Waals surface area (Å²) in [5.74, 6) is -3.28. The van der Waals surface area contributed by atoms with Gasteiger partial charge in [0, 0.05) is 18.7 Å². The molecule has 1 atom stereocenters. The van der Waals surface area contributed by atoms with E-state index >= 15 is 0 Å². The van der Waals surface area contributed by atoms with Crippen LogP contribution in [-0.2, 0) is 5.92 Å². The Balaban J connectivity index is 2.19. The molecule has 1 fully saturated rings. The lowest BCUT2D eigenvalue weighted by Gasteiger charge is -2.21. The molecule has 2 rings (SSSR count). The Labute approximate surface area is 75.3 Å². The molecule has 2 heterocycles. The second kappa shape index (κ2) is 3.10. The van der Waals surface area contributed by atoms with Crippen molar-refractivity contribution in [2.24, 2.45) is 5.92 Å². The van der Waals surface area contributed by atoms with Crippen LogP contribution in [0, 0.1) is 5.92 Å². The van der Waals surface area contributed by atoms with E-state index in [1.54, 1.807) is 6.07 Å². The summed E-state index contributed by atoms with van der Waals surface area (Å²) < 4.78 is 27.2. The number of hydrogen-bond acceptors (Lipinski definition) is 1. The monoisotopic (exact) mass is 186 g/mol. The predicted octanol–water partition coefficient (Wildman–Crippen LogP) is 1.72. The van der Waals surface area contributed by atoms with Crippen LogP contribution in [0.3, 0.4) is 0 Å². The molecule has 0 aromatic carbocycles. The molecular formula is C9H12F2N2. The van der Waals surface area contributed by atoms with E-state index in [4.69, 9.17) is 0 Å². The average Bonchev–Trinajstić information content (AvgIpc) is 2.78. The SMILES string of the molecule is FC(F)(c1ccc[nH]1)C1CCNC1. The van der Waals surface area contributed by atoms with Gasteiger partial charge in [-0.15, -0.1) is 0 Å². The second-order valence-electron chi connectivity index (χ2n) is 3.40. The fourth-order valence-electron chi connectivity index (χ4n) is 1.72. The summed E-state index contributed by atoms with van der Waals surface area (Å²) in [5.41, 5.74) is 0.0289. The molecular weight excluding hydrogens is 174 g/mol. The zero-order valence-electron chi connectivity index (χ0n) is 7.19. The van der Waals surface area contributed by atoms with Crippen molar-refractivity contribution in [1.29, 1.82) is 0 Å². The van der Waals surface area contributed by atoms with E-state index in [1.807, 2.05) is 0 Å². The molecule has 1 aliphatic heterocycles. The van der Waals surface area contributed by atoms with Gasteiger partial charge in [0.05, 0.1) is 5.69 Å². The van der Waals surface area contributed by atoms with Gasteiger partial charge in [-0.25, -0.2) is 0 Å². The number of nitrogens with one attached hydrogen (secondary N) is 2. The molecule has 2 N–H and O–H groups in total. The summed E-state index contributed by atoms with van der Waals surface area (Å²) in [6, 6.07) is 3.05. The predicted molar refractivity (Wildman–Crippen MR) is 45.7 cm³/mol. The summed E-state index contributed by atoms with van der Waals surface area (Å²) in [4.78, 5) is 2.58. The van der Waals surface area contributed by atoms with E-state index in [2.05, 4.69) is 10.3 Å². The molecule has 4 heteroatoms. The molecule has 0 bridgehead atoms. The molecule has 0 radical (unpaired) electrons. The van der Waals surface area contributed by atoms with Crippen molar-refractivity contribution in [3.8, 4) is 0 Å². The van der Waals surface area contributed by atoms with Crippen LogP contribution in [0.2, 0.25) is 0 Å². The zero-order chi connectivity index (χ0) is 9.31. The third kappa shape index (κ3) is 1.46. The molecule has 13 heavy (non-hydrogen) atoms. The molecule has 0 spiro atoms. The Morgan fingerprint density at radius 1 is 1.46 bits per heavy atom. The minimum absolute atomic E-state index is 0.0289. The molecule has 1 aromatic heterocycles. The Kier molecular flexibility index (Phi) is 2.07. The van der Waals surface area contributed by atoms with Crippen molar-refractivity contribution in [1.82, 2.24) is 10.3 Å². The van der Waals surface area contributed by atoms with Gasteiger partial charge in [-0.05, 0) is 25.1 Å². The van der Waals surface area contributed by atoms with Gasteiger partial charge in [0.1, 0.15) is 0 Å². The van der Waals surface area contributed by atoms with Gasteiger partial charge >= 0.3 is 0 Å². The first kappa shape index (κ1) is 8.69. The Morgan fingerprint density at radius 3 is 2.85 bits per heavy atom. The van der Waals surface area contributed by atoms with Crippen molar-refractivity contribution in [3.63, 3.8) is 0 Å². The van der Waals surface area contributed by atoms with Crippen LogP contribution in [0.4, 0.5) is 8.78 Å². The fourth-order valence-corrected chi connectivity index (χ4v) is 1.72. The first-order chi connectivity index (χ1) is 6.21. The Hall–Kier alpha value is -0.900. The normalized spacial score (nSPS) is 23.7. The zero-order valence-corrected chi connectivity index (χ0v) is 7.19. The maximum atomic E-state index is 13.6. The molecule has 1 aliphatic rings. The highest BCUT2D eigenvalue weighted by Gasteiger charge is 2.43. The van der Waals surface area contributed by atoms with Crippen molar-refractivity contribution >= 4 is 0 Å². The van der Waals surface area contributed by atoms with Gasteiger partial charge in [0.2, 0.25) is 0 Å². The van der Waals surface area contributed by atoms with E-state index in [-0.39, 0.29) is 5.69 Å². The van der Waals surface area contributed by atoms with Crippen LogP contribution in [0.25, 0.3) is 0 Å².